The molecule has 2 aromatic carbocycles. The number of aromatic nitrogens is 2. The second-order valence-electron chi connectivity index (χ2n) is 7.41. The van der Waals surface area contributed by atoms with Crippen molar-refractivity contribution in [1.82, 2.24) is 9.55 Å². The molecular formula is C21H21BrFN3O2. The standard InChI is InChI=1S/C21H21BrFN3O2/c1-12-5-10-17(16(23)11-12)24-20(27)13-6-8-14(9-7-13)26-18-4-2-3-15(22)19(18)25-21(26)28/h2-5,10-11,13-14H,6-9H2,1H3,(H,24,27)(H,25,28). The van der Waals surface area contributed by atoms with Crippen molar-refractivity contribution in [2.24, 2.45) is 5.92 Å². The molecule has 0 saturated heterocycles. The molecule has 146 valence electrons. The van der Waals surface area contributed by atoms with Crippen molar-refractivity contribution in [3.05, 3.63) is 62.7 Å². The van der Waals surface area contributed by atoms with Gasteiger partial charge in [0, 0.05) is 16.4 Å². The fourth-order valence-corrected chi connectivity index (χ4v) is 4.48. The maximum absolute atomic E-state index is 14.0. The van der Waals surface area contributed by atoms with Crippen molar-refractivity contribution in [3.63, 3.8) is 0 Å². The first-order chi connectivity index (χ1) is 13.4. The molecule has 2 N–H and O–H groups in total. The zero-order valence-electron chi connectivity index (χ0n) is 15.5. The molecule has 1 aliphatic rings. The van der Waals surface area contributed by atoms with Crippen LogP contribution < -0.4 is 11.0 Å². The third-order valence-electron chi connectivity index (χ3n) is 5.52. The molecule has 0 atom stereocenters. The number of benzene rings is 2. The van der Waals surface area contributed by atoms with Crippen LogP contribution in [0.3, 0.4) is 0 Å². The van der Waals surface area contributed by atoms with Crippen molar-refractivity contribution >= 4 is 38.6 Å². The fraction of sp³-hybridized carbons (Fsp3) is 0.333. The number of carbonyl (C=O) groups excluding carboxylic acids is 1. The summed E-state index contributed by atoms with van der Waals surface area (Å²) in [5.74, 6) is -0.752. The molecule has 0 radical (unpaired) electrons. The Morgan fingerprint density at radius 1 is 1.21 bits per heavy atom. The summed E-state index contributed by atoms with van der Waals surface area (Å²) in [6.07, 6.45) is 2.79. The number of rotatable bonds is 3. The molecule has 1 fully saturated rings. The van der Waals surface area contributed by atoms with Crippen LogP contribution >= 0.6 is 15.9 Å². The smallest absolute Gasteiger partial charge is 0.323 e. The highest BCUT2D eigenvalue weighted by atomic mass is 79.9. The van der Waals surface area contributed by atoms with Crippen molar-refractivity contribution in [3.8, 4) is 0 Å². The zero-order valence-corrected chi connectivity index (χ0v) is 17.1. The number of halogens is 2. The Morgan fingerprint density at radius 3 is 2.68 bits per heavy atom. The highest BCUT2D eigenvalue weighted by molar-refractivity contribution is 9.10. The Morgan fingerprint density at radius 2 is 1.96 bits per heavy atom. The Labute approximate surface area is 170 Å². The second-order valence-corrected chi connectivity index (χ2v) is 8.27. The summed E-state index contributed by atoms with van der Waals surface area (Å²) in [4.78, 5) is 28.0. The van der Waals surface area contributed by atoms with Crippen LogP contribution in [0.5, 0.6) is 0 Å². The van der Waals surface area contributed by atoms with Gasteiger partial charge < -0.3 is 10.3 Å². The summed E-state index contributed by atoms with van der Waals surface area (Å²) in [5, 5.41) is 2.71. The summed E-state index contributed by atoms with van der Waals surface area (Å²) in [6, 6.07) is 10.6. The third-order valence-corrected chi connectivity index (χ3v) is 6.18. The lowest BCUT2D eigenvalue weighted by molar-refractivity contribution is -0.121. The average Bonchev–Trinajstić information content (AvgIpc) is 3.01. The number of carbonyl (C=O) groups is 1. The first-order valence-electron chi connectivity index (χ1n) is 9.40. The van der Waals surface area contributed by atoms with E-state index in [1.54, 1.807) is 23.6 Å². The second kappa shape index (κ2) is 7.54. The van der Waals surface area contributed by atoms with Gasteiger partial charge >= 0.3 is 5.69 Å². The summed E-state index contributed by atoms with van der Waals surface area (Å²) >= 11 is 3.47. The van der Waals surface area contributed by atoms with Gasteiger partial charge in [0.05, 0.1) is 16.7 Å². The number of nitrogens with zero attached hydrogens (tertiary/aromatic N) is 1. The Bertz CT molecular complexity index is 1100. The summed E-state index contributed by atoms with van der Waals surface area (Å²) in [7, 11) is 0. The molecule has 1 aliphatic carbocycles. The fourth-order valence-electron chi connectivity index (χ4n) is 4.03. The Kier molecular flexibility index (Phi) is 5.10. The summed E-state index contributed by atoms with van der Waals surface area (Å²) < 4.78 is 16.6. The predicted molar refractivity (Wildman–Crippen MR) is 111 cm³/mol. The van der Waals surface area contributed by atoms with Crippen LogP contribution in [-0.4, -0.2) is 15.5 Å². The van der Waals surface area contributed by atoms with E-state index in [4.69, 9.17) is 0 Å². The van der Waals surface area contributed by atoms with Gasteiger partial charge in [-0.25, -0.2) is 9.18 Å². The maximum atomic E-state index is 14.0. The monoisotopic (exact) mass is 445 g/mol. The van der Waals surface area contributed by atoms with Crippen LogP contribution in [0, 0.1) is 18.7 Å². The van der Waals surface area contributed by atoms with E-state index >= 15 is 0 Å². The quantitative estimate of drug-likeness (QED) is 0.601. The normalized spacial score (nSPS) is 19.7. The minimum absolute atomic E-state index is 0.0516. The Balaban J connectivity index is 1.46. The molecule has 0 aliphatic heterocycles. The van der Waals surface area contributed by atoms with E-state index in [1.165, 1.54) is 6.07 Å². The molecule has 1 heterocycles. The van der Waals surface area contributed by atoms with Gasteiger partial charge in [-0.3, -0.25) is 9.36 Å². The Hall–Kier alpha value is -2.41. The molecule has 7 heteroatoms. The highest BCUT2D eigenvalue weighted by Gasteiger charge is 2.29. The van der Waals surface area contributed by atoms with E-state index < -0.39 is 5.82 Å². The largest absolute Gasteiger partial charge is 0.326 e. The lowest BCUT2D eigenvalue weighted by Crippen LogP contribution is -2.31. The first-order valence-corrected chi connectivity index (χ1v) is 10.2. The van der Waals surface area contributed by atoms with Gasteiger partial charge in [0.15, 0.2) is 0 Å². The van der Waals surface area contributed by atoms with Crippen LogP contribution in [-0.2, 0) is 4.79 Å². The molecule has 0 unspecified atom stereocenters. The molecule has 1 saturated carbocycles. The summed E-state index contributed by atoms with van der Waals surface area (Å²) in [5.41, 5.74) is 2.56. The molecule has 0 bridgehead atoms. The first kappa shape index (κ1) is 18.9. The number of imidazole rings is 1. The number of nitrogens with one attached hydrogen (secondary N) is 2. The third kappa shape index (κ3) is 3.51. The lowest BCUT2D eigenvalue weighted by atomic mass is 9.85. The van der Waals surface area contributed by atoms with E-state index in [9.17, 15) is 14.0 Å². The average molecular weight is 446 g/mol. The van der Waals surface area contributed by atoms with Crippen LogP contribution in [0.4, 0.5) is 10.1 Å². The van der Waals surface area contributed by atoms with Gasteiger partial charge in [0.1, 0.15) is 5.82 Å². The molecule has 1 aromatic heterocycles. The maximum Gasteiger partial charge on any atom is 0.326 e. The number of para-hydroxylation sites is 1. The van der Waals surface area contributed by atoms with Crippen LogP contribution in [0.1, 0.15) is 37.3 Å². The van der Waals surface area contributed by atoms with Gasteiger partial charge in [0.25, 0.3) is 0 Å². The SMILES string of the molecule is Cc1ccc(NC(=O)C2CCC(n3c(=O)[nH]c4c(Br)cccc43)CC2)c(F)c1. The number of fused-ring (bicyclic) bond motifs is 1. The molecular weight excluding hydrogens is 425 g/mol. The van der Waals surface area contributed by atoms with Gasteiger partial charge in [-0.2, -0.15) is 0 Å². The lowest BCUT2D eigenvalue weighted by Gasteiger charge is -2.28. The van der Waals surface area contributed by atoms with E-state index in [1.807, 2.05) is 18.2 Å². The van der Waals surface area contributed by atoms with Gasteiger partial charge in [-0.1, -0.05) is 12.1 Å². The molecule has 3 aromatic rings. The predicted octanol–water partition coefficient (Wildman–Crippen LogP) is 4.91. The van der Waals surface area contributed by atoms with E-state index in [2.05, 4.69) is 26.2 Å². The molecule has 4 rings (SSSR count). The number of H-pyrrole nitrogens is 1. The minimum Gasteiger partial charge on any atom is -0.323 e. The van der Waals surface area contributed by atoms with Crippen molar-refractivity contribution in [1.29, 1.82) is 0 Å². The number of anilines is 1. The van der Waals surface area contributed by atoms with Gasteiger partial charge in [-0.15, -0.1) is 0 Å². The summed E-state index contributed by atoms with van der Waals surface area (Å²) in [6.45, 7) is 1.81. The van der Waals surface area contributed by atoms with Crippen molar-refractivity contribution < 1.29 is 9.18 Å². The van der Waals surface area contributed by atoms with Crippen LogP contribution in [0.15, 0.2) is 45.7 Å². The van der Waals surface area contributed by atoms with Gasteiger partial charge in [-0.05, 0) is 78.4 Å². The number of hydrogen-bond acceptors (Lipinski definition) is 2. The van der Waals surface area contributed by atoms with Crippen molar-refractivity contribution in [2.75, 3.05) is 5.32 Å². The minimum atomic E-state index is -0.419. The van der Waals surface area contributed by atoms with Gasteiger partial charge in [0.2, 0.25) is 5.91 Å². The number of aryl methyl sites for hydroxylation is 1. The zero-order chi connectivity index (χ0) is 19.8. The van der Waals surface area contributed by atoms with E-state index in [0.717, 1.165) is 33.9 Å². The van der Waals surface area contributed by atoms with Crippen LogP contribution in [0.2, 0.25) is 0 Å². The van der Waals surface area contributed by atoms with Crippen LogP contribution in [0.25, 0.3) is 11.0 Å². The van der Waals surface area contributed by atoms with E-state index in [0.29, 0.717) is 12.8 Å². The molecule has 28 heavy (non-hydrogen) atoms. The molecule has 0 spiro atoms. The number of aromatic amines is 1. The highest BCUT2D eigenvalue weighted by Crippen LogP contribution is 2.34. The van der Waals surface area contributed by atoms with E-state index in [-0.39, 0.29) is 29.2 Å². The number of hydrogen-bond donors (Lipinski definition) is 2. The molecule has 1 amide bonds. The number of amides is 1. The molecule has 5 nitrogen and oxygen atoms in total. The topological polar surface area (TPSA) is 66.9 Å². The van der Waals surface area contributed by atoms with Crippen molar-refractivity contribution in [2.45, 2.75) is 38.6 Å².